The van der Waals surface area contributed by atoms with Gasteiger partial charge in [0.2, 0.25) is 21.8 Å². The first-order chi connectivity index (χ1) is 16.3. The van der Waals surface area contributed by atoms with Gasteiger partial charge < -0.3 is 10.2 Å². The summed E-state index contributed by atoms with van der Waals surface area (Å²) in [6.07, 6.45) is 1.48. The van der Waals surface area contributed by atoms with Crippen LogP contribution in [0.25, 0.3) is 0 Å². The second kappa shape index (κ2) is 12.5. The van der Waals surface area contributed by atoms with Gasteiger partial charge in [-0.25, -0.2) is 8.42 Å². The van der Waals surface area contributed by atoms with Gasteiger partial charge in [0.15, 0.2) is 0 Å². The summed E-state index contributed by atoms with van der Waals surface area (Å²) in [6.45, 7) is 9.96. The number of hydrogen-bond donors (Lipinski definition) is 1. The summed E-state index contributed by atoms with van der Waals surface area (Å²) in [4.78, 5) is 28.3. The van der Waals surface area contributed by atoms with E-state index in [1.54, 1.807) is 18.2 Å². The maximum absolute atomic E-state index is 13.7. The number of nitrogens with one attached hydrogen (secondary N) is 1. The number of anilines is 1. The molecule has 35 heavy (non-hydrogen) atoms. The molecule has 2 rings (SSSR count). The Labute approximate surface area is 218 Å². The van der Waals surface area contributed by atoms with Crippen LogP contribution in [0.1, 0.15) is 43.9 Å². The van der Waals surface area contributed by atoms with Crippen LogP contribution < -0.4 is 9.62 Å². The first-order valence-corrected chi connectivity index (χ1v) is 14.3. The maximum Gasteiger partial charge on any atom is 0.244 e. The van der Waals surface area contributed by atoms with E-state index in [-0.39, 0.29) is 18.4 Å². The van der Waals surface area contributed by atoms with E-state index in [0.717, 1.165) is 31.7 Å². The molecular formula is C26H36BrN3O4S. The summed E-state index contributed by atoms with van der Waals surface area (Å²) in [7, 11) is -3.76. The molecule has 0 saturated heterocycles. The zero-order chi connectivity index (χ0) is 26.3. The smallest absolute Gasteiger partial charge is 0.244 e. The molecule has 0 saturated carbocycles. The van der Waals surface area contributed by atoms with E-state index in [1.807, 2.05) is 58.9 Å². The van der Waals surface area contributed by atoms with Gasteiger partial charge in [-0.3, -0.25) is 13.9 Å². The Kier molecular flexibility index (Phi) is 10.3. The number of nitrogens with zero attached hydrogens (tertiary/aromatic N) is 2. The van der Waals surface area contributed by atoms with Crippen LogP contribution in [0.2, 0.25) is 0 Å². The molecule has 0 aromatic heterocycles. The zero-order valence-electron chi connectivity index (χ0n) is 21.3. The maximum atomic E-state index is 13.7. The highest BCUT2D eigenvalue weighted by Crippen LogP contribution is 2.25. The van der Waals surface area contributed by atoms with Gasteiger partial charge in [0.05, 0.1) is 11.9 Å². The molecule has 0 bridgehead atoms. The van der Waals surface area contributed by atoms with Gasteiger partial charge in [0.25, 0.3) is 0 Å². The van der Waals surface area contributed by atoms with E-state index < -0.39 is 28.5 Å². The first kappa shape index (κ1) is 28.8. The second-order valence-corrected chi connectivity index (χ2v) is 12.0. The molecule has 1 atom stereocenters. The molecule has 2 aromatic carbocycles. The predicted octanol–water partition coefficient (Wildman–Crippen LogP) is 4.41. The van der Waals surface area contributed by atoms with Crippen LogP contribution in [0.3, 0.4) is 0 Å². The summed E-state index contributed by atoms with van der Waals surface area (Å²) < 4.78 is 27.3. The molecule has 2 aromatic rings. The van der Waals surface area contributed by atoms with Crippen molar-refractivity contribution in [3.8, 4) is 0 Å². The van der Waals surface area contributed by atoms with Crippen LogP contribution >= 0.6 is 15.9 Å². The highest BCUT2D eigenvalue weighted by molar-refractivity contribution is 9.10. The van der Waals surface area contributed by atoms with Crippen molar-refractivity contribution in [1.29, 1.82) is 0 Å². The number of carbonyl (C=O) groups excluding carboxylic acids is 2. The summed E-state index contributed by atoms with van der Waals surface area (Å²) in [6, 6.07) is 12.1. The van der Waals surface area contributed by atoms with E-state index in [2.05, 4.69) is 21.2 Å². The van der Waals surface area contributed by atoms with Crippen molar-refractivity contribution in [1.82, 2.24) is 10.2 Å². The third kappa shape index (κ3) is 8.35. The lowest BCUT2D eigenvalue weighted by molar-refractivity contribution is -0.140. The van der Waals surface area contributed by atoms with Crippen molar-refractivity contribution in [2.24, 2.45) is 5.92 Å². The number of hydrogen-bond acceptors (Lipinski definition) is 4. The molecular weight excluding hydrogens is 530 g/mol. The van der Waals surface area contributed by atoms with Crippen molar-refractivity contribution >= 4 is 43.5 Å². The standard InChI is InChI=1S/C26H36BrN3O4S/c1-7-24(26(32)28-15-18(2)3)29(16-21-10-8-9-19(4)13-21)25(31)17-30(35(6,33)34)22-11-12-23(27)20(5)14-22/h8-14,18,24H,7,15-17H2,1-6H3,(H,28,32). The molecule has 0 heterocycles. The quantitative estimate of drug-likeness (QED) is 0.437. The molecule has 0 aliphatic heterocycles. The molecule has 192 valence electrons. The molecule has 0 radical (unpaired) electrons. The minimum atomic E-state index is -3.76. The van der Waals surface area contributed by atoms with Crippen LogP contribution in [0.5, 0.6) is 0 Å². The molecule has 0 aliphatic rings. The lowest BCUT2D eigenvalue weighted by Crippen LogP contribution is -2.52. The minimum absolute atomic E-state index is 0.199. The van der Waals surface area contributed by atoms with Gasteiger partial charge in [-0.2, -0.15) is 0 Å². The number of benzene rings is 2. The normalized spacial score (nSPS) is 12.3. The predicted molar refractivity (Wildman–Crippen MR) is 145 cm³/mol. The number of halogens is 1. The zero-order valence-corrected chi connectivity index (χ0v) is 23.7. The van der Waals surface area contributed by atoms with Gasteiger partial charge in [-0.15, -0.1) is 0 Å². The summed E-state index contributed by atoms with van der Waals surface area (Å²) in [5.41, 5.74) is 3.16. The van der Waals surface area contributed by atoms with E-state index in [0.29, 0.717) is 18.7 Å². The van der Waals surface area contributed by atoms with E-state index in [9.17, 15) is 18.0 Å². The van der Waals surface area contributed by atoms with Crippen molar-refractivity contribution in [3.63, 3.8) is 0 Å². The topological polar surface area (TPSA) is 86.8 Å². The number of aryl methyl sites for hydroxylation is 2. The van der Waals surface area contributed by atoms with Gasteiger partial charge >= 0.3 is 0 Å². The van der Waals surface area contributed by atoms with E-state index in [1.165, 1.54) is 4.90 Å². The molecule has 1 unspecified atom stereocenters. The molecule has 0 fully saturated rings. The van der Waals surface area contributed by atoms with Crippen molar-refractivity contribution in [3.05, 3.63) is 63.6 Å². The number of carbonyl (C=O) groups is 2. The largest absolute Gasteiger partial charge is 0.354 e. The van der Waals surface area contributed by atoms with Crippen LogP contribution in [0.15, 0.2) is 46.9 Å². The number of rotatable bonds is 11. The molecule has 9 heteroatoms. The third-order valence-corrected chi connectivity index (χ3v) is 7.64. The van der Waals surface area contributed by atoms with Crippen molar-refractivity contribution in [2.75, 3.05) is 23.7 Å². The lowest BCUT2D eigenvalue weighted by Gasteiger charge is -2.33. The Morgan fingerprint density at radius 2 is 1.77 bits per heavy atom. The minimum Gasteiger partial charge on any atom is -0.354 e. The summed E-state index contributed by atoms with van der Waals surface area (Å²) >= 11 is 3.43. The van der Waals surface area contributed by atoms with Gasteiger partial charge in [0, 0.05) is 17.6 Å². The Morgan fingerprint density at radius 3 is 2.31 bits per heavy atom. The van der Waals surface area contributed by atoms with Crippen molar-refractivity contribution in [2.45, 2.75) is 53.6 Å². The van der Waals surface area contributed by atoms with Crippen LogP contribution in [0.4, 0.5) is 5.69 Å². The average molecular weight is 567 g/mol. The fraction of sp³-hybridized carbons (Fsp3) is 0.462. The third-order valence-electron chi connectivity index (χ3n) is 5.61. The van der Waals surface area contributed by atoms with Gasteiger partial charge in [-0.05, 0) is 55.5 Å². The second-order valence-electron chi connectivity index (χ2n) is 9.28. The fourth-order valence-corrected chi connectivity index (χ4v) is 4.84. The lowest BCUT2D eigenvalue weighted by atomic mass is 10.1. The molecule has 2 amide bonds. The SMILES string of the molecule is CCC(C(=O)NCC(C)C)N(Cc1cccc(C)c1)C(=O)CN(c1ccc(Br)c(C)c1)S(C)(=O)=O. The Balaban J connectivity index is 2.44. The summed E-state index contributed by atoms with van der Waals surface area (Å²) in [5, 5.41) is 2.92. The first-order valence-electron chi connectivity index (χ1n) is 11.7. The Hall–Kier alpha value is -2.39. The molecule has 0 spiro atoms. The highest BCUT2D eigenvalue weighted by Gasteiger charge is 2.31. The molecule has 7 nitrogen and oxygen atoms in total. The van der Waals surface area contributed by atoms with Gasteiger partial charge in [0.1, 0.15) is 12.6 Å². The highest BCUT2D eigenvalue weighted by atomic mass is 79.9. The van der Waals surface area contributed by atoms with Crippen LogP contribution in [-0.2, 0) is 26.2 Å². The molecule has 1 N–H and O–H groups in total. The van der Waals surface area contributed by atoms with Crippen molar-refractivity contribution < 1.29 is 18.0 Å². The average Bonchev–Trinajstić information content (AvgIpc) is 2.77. The number of amides is 2. The monoisotopic (exact) mass is 565 g/mol. The summed E-state index contributed by atoms with van der Waals surface area (Å²) in [5.74, 6) is -0.421. The Morgan fingerprint density at radius 1 is 1.09 bits per heavy atom. The molecule has 0 aliphatic carbocycles. The fourth-order valence-electron chi connectivity index (χ4n) is 3.75. The van der Waals surface area contributed by atoms with Crippen LogP contribution in [-0.4, -0.2) is 50.5 Å². The number of sulfonamides is 1. The van der Waals surface area contributed by atoms with Gasteiger partial charge in [-0.1, -0.05) is 66.5 Å². The van der Waals surface area contributed by atoms with E-state index >= 15 is 0 Å². The Bertz CT molecular complexity index is 1150. The van der Waals surface area contributed by atoms with Crippen LogP contribution in [0, 0.1) is 19.8 Å². The van der Waals surface area contributed by atoms with E-state index in [4.69, 9.17) is 0 Å².